The molecule has 0 aromatic rings. The van der Waals surface area contributed by atoms with Gasteiger partial charge in [0.1, 0.15) is 5.78 Å². The average molecular weight is 198 g/mol. The van der Waals surface area contributed by atoms with Crippen LogP contribution in [0.2, 0.25) is 0 Å². The zero-order chi connectivity index (χ0) is 11.5. The molecule has 0 saturated heterocycles. The first-order valence-electron chi connectivity index (χ1n) is 5.79. The van der Waals surface area contributed by atoms with Gasteiger partial charge < -0.3 is 0 Å². The fourth-order valence-corrected chi connectivity index (χ4v) is 2.36. The largest absolute Gasteiger partial charge is 0.300 e. The highest BCUT2D eigenvalue weighted by Crippen LogP contribution is 2.33. The summed E-state index contributed by atoms with van der Waals surface area (Å²) in [7, 11) is 0. The zero-order valence-electron chi connectivity index (χ0n) is 10.8. The highest BCUT2D eigenvalue weighted by Gasteiger charge is 2.30. The molecule has 1 heteroatoms. The van der Waals surface area contributed by atoms with Crippen LogP contribution >= 0.6 is 0 Å². The quantitative estimate of drug-likeness (QED) is 0.657. The molecule has 0 saturated carbocycles. The van der Waals surface area contributed by atoms with E-state index in [1.165, 1.54) is 0 Å². The van der Waals surface area contributed by atoms with Crippen molar-refractivity contribution < 1.29 is 4.79 Å². The van der Waals surface area contributed by atoms with Gasteiger partial charge in [0.25, 0.3) is 0 Å². The summed E-state index contributed by atoms with van der Waals surface area (Å²) in [5.74, 6) is 2.92. The van der Waals surface area contributed by atoms with Gasteiger partial charge in [0.2, 0.25) is 0 Å². The van der Waals surface area contributed by atoms with E-state index in [0.29, 0.717) is 29.5 Å². The van der Waals surface area contributed by atoms with Crippen LogP contribution in [0.5, 0.6) is 0 Å². The van der Waals surface area contributed by atoms with Gasteiger partial charge in [-0.1, -0.05) is 41.5 Å². The molecular formula is C13H26O. The maximum atomic E-state index is 11.4. The standard InChI is InChI=1S/C13H26O/c1-8(2)10(5)13(9(3)4)11(6)12(7)14/h8-11,13H,1-7H3. The molecule has 0 aliphatic rings. The van der Waals surface area contributed by atoms with Crippen molar-refractivity contribution >= 4 is 5.78 Å². The summed E-state index contributed by atoms with van der Waals surface area (Å²) >= 11 is 0. The molecule has 0 aromatic carbocycles. The number of carbonyl (C=O) groups is 1. The highest BCUT2D eigenvalue weighted by atomic mass is 16.1. The molecule has 14 heavy (non-hydrogen) atoms. The van der Waals surface area contributed by atoms with Crippen LogP contribution in [0.25, 0.3) is 0 Å². The molecule has 0 aliphatic carbocycles. The number of hydrogen-bond acceptors (Lipinski definition) is 1. The number of rotatable bonds is 5. The Morgan fingerprint density at radius 1 is 0.857 bits per heavy atom. The minimum Gasteiger partial charge on any atom is -0.300 e. The summed E-state index contributed by atoms with van der Waals surface area (Å²) in [6.07, 6.45) is 0. The molecule has 0 spiro atoms. The molecule has 0 rings (SSSR count). The predicted octanol–water partition coefficient (Wildman–Crippen LogP) is 3.78. The first-order chi connectivity index (χ1) is 6.29. The number of hydrogen-bond donors (Lipinski definition) is 0. The average Bonchev–Trinajstić information content (AvgIpc) is 2.03. The van der Waals surface area contributed by atoms with Gasteiger partial charge in [-0.05, 0) is 30.6 Å². The van der Waals surface area contributed by atoms with Crippen molar-refractivity contribution in [2.75, 3.05) is 0 Å². The lowest BCUT2D eigenvalue weighted by Gasteiger charge is -2.34. The molecule has 84 valence electrons. The maximum Gasteiger partial charge on any atom is 0.132 e. The third kappa shape index (κ3) is 3.43. The van der Waals surface area contributed by atoms with Crippen LogP contribution in [0.1, 0.15) is 48.5 Å². The van der Waals surface area contributed by atoms with Gasteiger partial charge in [-0.15, -0.1) is 0 Å². The Morgan fingerprint density at radius 3 is 1.50 bits per heavy atom. The SMILES string of the molecule is CC(=O)C(C)C(C(C)C)C(C)C(C)C. The van der Waals surface area contributed by atoms with Gasteiger partial charge >= 0.3 is 0 Å². The Kier molecular flexibility index (Phi) is 5.40. The van der Waals surface area contributed by atoms with Crippen molar-refractivity contribution in [2.24, 2.45) is 29.6 Å². The summed E-state index contributed by atoms with van der Waals surface area (Å²) < 4.78 is 0. The van der Waals surface area contributed by atoms with E-state index in [-0.39, 0.29) is 5.92 Å². The number of Topliss-reactive ketones (excluding diaryl/α,β-unsaturated/α-hetero) is 1. The van der Waals surface area contributed by atoms with Gasteiger partial charge in [0.15, 0.2) is 0 Å². The lowest BCUT2D eigenvalue weighted by Crippen LogP contribution is -2.31. The van der Waals surface area contributed by atoms with Gasteiger partial charge in [-0.3, -0.25) is 4.79 Å². The molecule has 1 nitrogen and oxygen atoms in total. The van der Waals surface area contributed by atoms with Crippen molar-refractivity contribution in [3.63, 3.8) is 0 Å². The highest BCUT2D eigenvalue weighted by molar-refractivity contribution is 5.78. The first-order valence-corrected chi connectivity index (χ1v) is 5.79. The van der Waals surface area contributed by atoms with E-state index in [2.05, 4.69) is 41.5 Å². The van der Waals surface area contributed by atoms with E-state index < -0.39 is 0 Å². The summed E-state index contributed by atoms with van der Waals surface area (Å²) in [6.45, 7) is 15.0. The molecule has 3 atom stereocenters. The van der Waals surface area contributed by atoms with Crippen LogP contribution in [0.4, 0.5) is 0 Å². The lowest BCUT2D eigenvalue weighted by molar-refractivity contribution is -0.123. The molecule has 0 heterocycles. The van der Waals surface area contributed by atoms with Crippen LogP contribution in [0, 0.1) is 29.6 Å². The Hall–Kier alpha value is -0.330. The van der Waals surface area contributed by atoms with Crippen LogP contribution in [-0.2, 0) is 4.79 Å². The van der Waals surface area contributed by atoms with Crippen LogP contribution < -0.4 is 0 Å². The molecule has 0 amide bonds. The molecule has 0 radical (unpaired) electrons. The van der Waals surface area contributed by atoms with Crippen molar-refractivity contribution in [3.05, 3.63) is 0 Å². The van der Waals surface area contributed by atoms with Gasteiger partial charge in [0.05, 0.1) is 0 Å². The van der Waals surface area contributed by atoms with E-state index in [9.17, 15) is 4.79 Å². The van der Waals surface area contributed by atoms with E-state index in [1.807, 2.05) is 0 Å². The Labute approximate surface area is 89.3 Å². The van der Waals surface area contributed by atoms with Crippen molar-refractivity contribution in [1.29, 1.82) is 0 Å². The predicted molar refractivity (Wildman–Crippen MR) is 62.2 cm³/mol. The Bertz CT molecular complexity index is 182. The van der Waals surface area contributed by atoms with Gasteiger partial charge in [0, 0.05) is 5.92 Å². The van der Waals surface area contributed by atoms with Crippen molar-refractivity contribution in [2.45, 2.75) is 48.5 Å². The summed E-state index contributed by atoms with van der Waals surface area (Å²) in [4.78, 5) is 11.4. The molecule has 0 N–H and O–H groups in total. The summed E-state index contributed by atoms with van der Waals surface area (Å²) in [5.41, 5.74) is 0. The van der Waals surface area contributed by atoms with E-state index in [1.54, 1.807) is 6.92 Å². The molecule has 0 aliphatic heterocycles. The van der Waals surface area contributed by atoms with E-state index in [0.717, 1.165) is 0 Å². The first kappa shape index (κ1) is 13.7. The topological polar surface area (TPSA) is 17.1 Å². The second-order valence-electron chi connectivity index (χ2n) is 5.32. The second kappa shape index (κ2) is 5.53. The maximum absolute atomic E-state index is 11.4. The monoisotopic (exact) mass is 198 g/mol. The van der Waals surface area contributed by atoms with Gasteiger partial charge in [-0.2, -0.15) is 0 Å². The van der Waals surface area contributed by atoms with E-state index in [4.69, 9.17) is 0 Å². The molecule has 0 aromatic heterocycles. The molecule has 0 bridgehead atoms. The van der Waals surface area contributed by atoms with E-state index >= 15 is 0 Å². The Morgan fingerprint density at radius 2 is 1.29 bits per heavy atom. The minimum atomic E-state index is 0.201. The van der Waals surface area contributed by atoms with Crippen molar-refractivity contribution in [3.8, 4) is 0 Å². The smallest absolute Gasteiger partial charge is 0.132 e. The van der Waals surface area contributed by atoms with Gasteiger partial charge in [-0.25, -0.2) is 0 Å². The summed E-state index contributed by atoms with van der Waals surface area (Å²) in [5, 5.41) is 0. The second-order valence-corrected chi connectivity index (χ2v) is 5.32. The minimum absolute atomic E-state index is 0.201. The molecular weight excluding hydrogens is 172 g/mol. The molecule has 3 unspecified atom stereocenters. The van der Waals surface area contributed by atoms with Crippen LogP contribution in [-0.4, -0.2) is 5.78 Å². The zero-order valence-corrected chi connectivity index (χ0v) is 10.8. The normalized spacial score (nSPS) is 18.4. The van der Waals surface area contributed by atoms with Crippen molar-refractivity contribution in [1.82, 2.24) is 0 Å². The fraction of sp³-hybridized carbons (Fsp3) is 0.923. The lowest BCUT2D eigenvalue weighted by atomic mass is 9.71. The molecule has 0 fully saturated rings. The third-order valence-corrected chi connectivity index (χ3v) is 3.65. The summed E-state index contributed by atoms with van der Waals surface area (Å²) in [6, 6.07) is 0. The van der Waals surface area contributed by atoms with Crippen LogP contribution in [0.3, 0.4) is 0 Å². The van der Waals surface area contributed by atoms with Crippen LogP contribution in [0.15, 0.2) is 0 Å². The fourth-order valence-electron chi connectivity index (χ4n) is 2.36. The number of carbonyl (C=O) groups excluding carboxylic acids is 1. The number of ketones is 1. The Balaban J connectivity index is 4.67. The third-order valence-electron chi connectivity index (χ3n) is 3.65.